The summed E-state index contributed by atoms with van der Waals surface area (Å²) in [6.07, 6.45) is 0. The van der Waals surface area contributed by atoms with E-state index in [1.54, 1.807) is 36.4 Å². The van der Waals surface area contributed by atoms with Gasteiger partial charge in [-0.3, -0.25) is 9.10 Å². The first kappa shape index (κ1) is 19.0. The van der Waals surface area contributed by atoms with Crippen molar-refractivity contribution in [2.24, 2.45) is 0 Å². The highest BCUT2D eigenvalue weighted by Crippen LogP contribution is 2.22. The lowest BCUT2D eigenvalue weighted by Gasteiger charge is -2.19. The first-order chi connectivity index (χ1) is 11.8. The van der Waals surface area contributed by atoms with Gasteiger partial charge in [-0.05, 0) is 44.4 Å². The molecule has 0 saturated heterocycles. The molecule has 0 aliphatic carbocycles. The maximum Gasteiger partial charge on any atom is 0.264 e. The van der Waals surface area contributed by atoms with Crippen LogP contribution in [0.2, 0.25) is 0 Å². The molecule has 0 atom stereocenters. The first-order valence-electron chi connectivity index (χ1n) is 7.89. The molecule has 0 heterocycles. The van der Waals surface area contributed by atoms with Gasteiger partial charge in [-0.25, -0.2) is 8.42 Å². The standard InChI is InChI=1S/C18H23N3O3S/c1-20(2)13-12-19-18(22)15-8-7-11-17(14-15)25(23,24)21(3)16-9-5-4-6-10-16/h4-11,14H,12-13H2,1-3H3,(H,19,22). The van der Waals surface area contributed by atoms with Crippen molar-refractivity contribution in [1.82, 2.24) is 10.2 Å². The van der Waals surface area contributed by atoms with E-state index in [4.69, 9.17) is 0 Å². The van der Waals surface area contributed by atoms with Crippen molar-refractivity contribution < 1.29 is 13.2 Å². The summed E-state index contributed by atoms with van der Waals surface area (Å²) in [4.78, 5) is 14.2. The maximum absolute atomic E-state index is 12.8. The van der Waals surface area contributed by atoms with Gasteiger partial charge in [0, 0.05) is 25.7 Å². The molecular weight excluding hydrogens is 338 g/mol. The number of anilines is 1. The van der Waals surface area contributed by atoms with E-state index < -0.39 is 10.0 Å². The van der Waals surface area contributed by atoms with Gasteiger partial charge in [0.1, 0.15) is 0 Å². The van der Waals surface area contributed by atoms with Gasteiger partial charge in [0.2, 0.25) is 0 Å². The quantitative estimate of drug-likeness (QED) is 0.816. The molecule has 0 aliphatic rings. The van der Waals surface area contributed by atoms with Crippen LogP contribution in [0.4, 0.5) is 5.69 Å². The molecule has 0 saturated carbocycles. The smallest absolute Gasteiger partial charge is 0.264 e. The Kier molecular flexibility index (Phi) is 6.17. The third-order valence-corrected chi connectivity index (χ3v) is 5.50. The number of likely N-dealkylation sites (N-methyl/N-ethyl adjacent to an activating group) is 1. The summed E-state index contributed by atoms with van der Waals surface area (Å²) in [6, 6.07) is 14.9. The average Bonchev–Trinajstić information content (AvgIpc) is 2.61. The van der Waals surface area contributed by atoms with Crippen LogP contribution in [0.3, 0.4) is 0 Å². The molecule has 0 aromatic heterocycles. The van der Waals surface area contributed by atoms with Crippen molar-refractivity contribution in [2.45, 2.75) is 4.90 Å². The van der Waals surface area contributed by atoms with Gasteiger partial charge in [0.15, 0.2) is 0 Å². The Hall–Kier alpha value is -2.38. The van der Waals surface area contributed by atoms with Crippen LogP contribution in [0, 0.1) is 0 Å². The van der Waals surface area contributed by atoms with Gasteiger partial charge >= 0.3 is 0 Å². The van der Waals surface area contributed by atoms with Gasteiger partial charge in [-0.2, -0.15) is 0 Å². The molecule has 2 rings (SSSR count). The summed E-state index contributed by atoms with van der Waals surface area (Å²) in [5.41, 5.74) is 0.879. The number of hydrogen-bond acceptors (Lipinski definition) is 4. The molecule has 1 amide bonds. The monoisotopic (exact) mass is 361 g/mol. The number of amides is 1. The van der Waals surface area contributed by atoms with Crippen molar-refractivity contribution in [3.63, 3.8) is 0 Å². The Morgan fingerprint density at radius 1 is 1.00 bits per heavy atom. The zero-order valence-corrected chi connectivity index (χ0v) is 15.5. The number of carbonyl (C=O) groups is 1. The SMILES string of the molecule is CN(C)CCNC(=O)c1cccc(S(=O)(=O)N(C)c2ccccc2)c1. The van der Waals surface area contributed by atoms with Gasteiger partial charge < -0.3 is 10.2 Å². The minimum Gasteiger partial charge on any atom is -0.351 e. The maximum atomic E-state index is 12.8. The Balaban J connectivity index is 2.21. The fourth-order valence-corrected chi connectivity index (χ4v) is 3.47. The third kappa shape index (κ3) is 4.80. The second-order valence-corrected chi connectivity index (χ2v) is 7.86. The van der Waals surface area contributed by atoms with Crippen molar-refractivity contribution in [2.75, 3.05) is 38.5 Å². The van der Waals surface area contributed by atoms with E-state index >= 15 is 0 Å². The van der Waals surface area contributed by atoms with Crippen molar-refractivity contribution in [1.29, 1.82) is 0 Å². The molecular formula is C18H23N3O3S. The molecule has 7 heteroatoms. The van der Waals surface area contributed by atoms with Crippen LogP contribution in [-0.4, -0.2) is 53.5 Å². The van der Waals surface area contributed by atoms with E-state index in [0.29, 0.717) is 24.3 Å². The molecule has 0 spiro atoms. The Bertz CT molecular complexity index is 820. The van der Waals surface area contributed by atoms with Crippen molar-refractivity contribution in [3.8, 4) is 0 Å². The van der Waals surface area contributed by atoms with Crippen LogP contribution in [0.25, 0.3) is 0 Å². The molecule has 0 radical (unpaired) electrons. The predicted molar refractivity (Wildman–Crippen MR) is 99.4 cm³/mol. The van der Waals surface area contributed by atoms with Crippen LogP contribution in [-0.2, 0) is 10.0 Å². The number of hydrogen-bond donors (Lipinski definition) is 1. The molecule has 0 bridgehead atoms. The van der Waals surface area contributed by atoms with Gasteiger partial charge in [-0.15, -0.1) is 0 Å². The molecule has 0 unspecified atom stereocenters. The van der Waals surface area contributed by atoms with Gasteiger partial charge in [0.05, 0.1) is 10.6 Å². The van der Waals surface area contributed by atoms with E-state index in [1.807, 2.05) is 25.1 Å². The second kappa shape index (κ2) is 8.13. The second-order valence-electron chi connectivity index (χ2n) is 5.90. The molecule has 2 aromatic rings. The highest BCUT2D eigenvalue weighted by atomic mass is 32.2. The Morgan fingerprint density at radius 2 is 1.68 bits per heavy atom. The van der Waals surface area contributed by atoms with E-state index in [2.05, 4.69) is 5.32 Å². The van der Waals surface area contributed by atoms with Gasteiger partial charge in [-0.1, -0.05) is 24.3 Å². The fourth-order valence-electron chi connectivity index (χ4n) is 2.23. The summed E-state index contributed by atoms with van der Waals surface area (Å²) in [5.74, 6) is -0.290. The van der Waals surface area contributed by atoms with Crippen molar-refractivity contribution in [3.05, 3.63) is 60.2 Å². The zero-order chi connectivity index (χ0) is 18.4. The van der Waals surface area contributed by atoms with E-state index in [0.717, 1.165) is 0 Å². The van der Waals surface area contributed by atoms with E-state index in [9.17, 15) is 13.2 Å². The lowest BCUT2D eigenvalue weighted by atomic mass is 10.2. The normalized spacial score (nSPS) is 11.4. The van der Waals surface area contributed by atoms with Crippen LogP contribution >= 0.6 is 0 Å². The average molecular weight is 361 g/mol. The number of nitrogens with zero attached hydrogens (tertiary/aromatic N) is 2. The summed E-state index contributed by atoms with van der Waals surface area (Å²) >= 11 is 0. The molecule has 134 valence electrons. The highest BCUT2D eigenvalue weighted by Gasteiger charge is 2.22. The summed E-state index contributed by atoms with van der Waals surface area (Å²) in [5, 5.41) is 2.78. The minimum atomic E-state index is -3.74. The largest absolute Gasteiger partial charge is 0.351 e. The van der Waals surface area contributed by atoms with E-state index in [1.165, 1.54) is 23.5 Å². The third-order valence-electron chi connectivity index (χ3n) is 3.72. The zero-order valence-electron chi connectivity index (χ0n) is 14.6. The predicted octanol–water partition coefficient (Wildman–Crippen LogP) is 1.80. The molecule has 1 N–H and O–H groups in total. The fraction of sp³-hybridized carbons (Fsp3) is 0.278. The number of nitrogens with one attached hydrogen (secondary N) is 1. The number of para-hydroxylation sites is 1. The lowest BCUT2D eigenvalue weighted by Crippen LogP contribution is -2.31. The minimum absolute atomic E-state index is 0.0825. The summed E-state index contributed by atoms with van der Waals surface area (Å²) < 4.78 is 26.8. The number of rotatable bonds is 7. The van der Waals surface area contributed by atoms with Gasteiger partial charge in [0.25, 0.3) is 15.9 Å². The first-order valence-corrected chi connectivity index (χ1v) is 9.33. The topological polar surface area (TPSA) is 69.7 Å². The number of benzene rings is 2. The summed E-state index contributed by atoms with van der Waals surface area (Å²) in [6.45, 7) is 1.20. The van der Waals surface area contributed by atoms with Crippen LogP contribution in [0.15, 0.2) is 59.5 Å². The molecule has 25 heavy (non-hydrogen) atoms. The van der Waals surface area contributed by atoms with Crippen LogP contribution < -0.4 is 9.62 Å². The lowest BCUT2D eigenvalue weighted by molar-refractivity contribution is 0.0951. The highest BCUT2D eigenvalue weighted by molar-refractivity contribution is 7.92. The number of sulfonamides is 1. The van der Waals surface area contributed by atoms with Crippen LogP contribution in [0.5, 0.6) is 0 Å². The number of carbonyl (C=O) groups excluding carboxylic acids is 1. The molecule has 2 aromatic carbocycles. The van der Waals surface area contributed by atoms with E-state index in [-0.39, 0.29) is 10.8 Å². The molecule has 0 aliphatic heterocycles. The van der Waals surface area contributed by atoms with Crippen LogP contribution in [0.1, 0.15) is 10.4 Å². The molecule has 0 fully saturated rings. The van der Waals surface area contributed by atoms with Crippen molar-refractivity contribution >= 4 is 21.6 Å². The molecule has 6 nitrogen and oxygen atoms in total. The Morgan fingerprint density at radius 3 is 2.32 bits per heavy atom. The Labute approximate surface area is 149 Å². The summed E-state index contributed by atoms with van der Waals surface area (Å²) in [7, 11) is 1.59.